The molecule has 0 aromatic heterocycles. The van der Waals surface area contributed by atoms with Gasteiger partial charge in [0.2, 0.25) is 0 Å². The Balaban J connectivity index is 2.02. The number of hydrogen-bond donors (Lipinski definition) is 1. The Morgan fingerprint density at radius 3 is 2.67 bits per heavy atom. The molecule has 2 aromatic rings. The lowest BCUT2D eigenvalue weighted by molar-refractivity contribution is 0.0950. The van der Waals surface area contributed by atoms with Crippen molar-refractivity contribution in [3.05, 3.63) is 64.7 Å². The molecule has 110 valence electrons. The van der Waals surface area contributed by atoms with Crippen molar-refractivity contribution < 1.29 is 9.53 Å². The Labute approximate surface area is 126 Å². The number of benzene rings is 2. The van der Waals surface area contributed by atoms with E-state index in [2.05, 4.69) is 5.32 Å². The summed E-state index contributed by atoms with van der Waals surface area (Å²) < 4.78 is 5.46. The molecule has 2 aromatic carbocycles. The molecule has 0 unspecified atom stereocenters. The summed E-state index contributed by atoms with van der Waals surface area (Å²) in [6.45, 7) is 7.06. The normalized spacial score (nSPS) is 10.2. The van der Waals surface area contributed by atoms with Gasteiger partial charge in [-0.15, -0.1) is 0 Å². The molecule has 0 saturated carbocycles. The molecule has 0 radical (unpaired) electrons. The minimum Gasteiger partial charge on any atom is -0.494 e. The Hall–Kier alpha value is -2.29. The van der Waals surface area contributed by atoms with Gasteiger partial charge in [-0.05, 0) is 50.1 Å². The fraction of sp³-hybridized carbons (Fsp3) is 0.278. The summed E-state index contributed by atoms with van der Waals surface area (Å²) >= 11 is 0. The van der Waals surface area contributed by atoms with Gasteiger partial charge in [0.25, 0.3) is 5.91 Å². The molecule has 0 atom stereocenters. The van der Waals surface area contributed by atoms with E-state index in [1.54, 1.807) is 0 Å². The van der Waals surface area contributed by atoms with Gasteiger partial charge in [-0.2, -0.15) is 0 Å². The average Bonchev–Trinajstić information content (AvgIpc) is 2.45. The lowest BCUT2D eigenvalue weighted by atomic mass is 10.1. The highest BCUT2D eigenvalue weighted by atomic mass is 16.5. The van der Waals surface area contributed by atoms with E-state index < -0.39 is 0 Å². The highest BCUT2D eigenvalue weighted by Gasteiger charge is 2.08. The third kappa shape index (κ3) is 4.09. The average molecular weight is 283 g/mol. The van der Waals surface area contributed by atoms with Gasteiger partial charge in [-0.3, -0.25) is 4.79 Å². The van der Waals surface area contributed by atoms with Crippen molar-refractivity contribution >= 4 is 5.91 Å². The molecule has 0 heterocycles. The number of aryl methyl sites for hydroxylation is 2. The highest BCUT2D eigenvalue weighted by molar-refractivity contribution is 5.95. The molecule has 0 aliphatic carbocycles. The van der Waals surface area contributed by atoms with Crippen LogP contribution in [0.2, 0.25) is 0 Å². The number of ether oxygens (including phenoxy) is 1. The third-order valence-electron chi connectivity index (χ3n) is 3.29. The van der Waals surface area contributed by atoms with Crippen LogP contribution in [0.5, 0.6) is 5.75 Å². The van der Waals surface area contributed by atoms with Gasteiger partial charge in [0.1, 0.15) is 5.75 Å². The van der Waals surface area contributed by atoms with Gasteiger partial charge in [0.05, 0.1) is 6.61 Å². The summed E-state index contributed by atoms with van der Waals surface area (Å²) in [4.78, 5) is 12.2. The molecule has 3 heteroatoms. The molecule has 0 aliphatic rings. The van der Waals surface area contributed by atoms with E-state index in [-0.39, 0.29) is 5.91 Å². The first kappa shape index (κ1) is 15.1. The van der Waals surface area contributed by atoms with E-state index in [4.69, 9.17) is 4.74 Å². The molecule has 3 nitrogen and oxygen atoms in total. The maximum Gasteiger partial charge on any atom is 0.251 e. The number of hydrogen-bond acceptors (Lipinski definition) is 2. The molecule has 1 N–H and O–H groups in total. The van der Waals surface area contributed by atoms with Crippen molar-refractivity contribution in [2.75, 3.05) is 6.61 Å². The largest absolute Gasteiger partial charge is 0.494 e. The fourth-order valence-corrected chi connectivity index (χ4v) is 2.26. The molecule has 2 rings (SSSR count). The number of carbonyl (C=O) groups is 1. The van der Waals surface area contributed by atoms with E-state index in [1.165, 1.54) is 0 Å². The minimum absolute atomic E-state index is 0.0469. The Bertz CT molecular complexity index is 635. The topological polar surface area (TPSA) is 38.3 Å². The summed E-state index contributed by atoms with van der Waals surface area (Å²) in [5, 5.41) is 2.95. The summed E-state index contributed by atoms with van der Waals surface area (Å²) in [6.07, 6.45) is 0. The lowest BCUT2D eigenvalue weighted by Crippen LogP contribution is -2.23. The molecule has 0 bridgehead atoms. The predicted molar refractivity (Wildman–Crippen MR) is 84.7 cm³/mol. The zero-order valence-corrected chi connectivity index (χ0v) is 12.8. The Morgan fingerprint density at radius 1 is 1.14 bits per heavy atom. The zero-order chi connectivity index (χ0) is 15.2. The van der Waals surface area contributed by atoms with Crippen LogP contribution >= 0.6 is 0 Å². The van der Waals surface area contributed by atoms with Crippen LogP contribution in [0.25, 0.3) is 0 Å². The Kier molecular flexibility index (Phi) is 4.99. The van der Waals surface area contributed by atoms with Crippen molar-refractivity contribution in [2.45, 2.75) is 27.3 Å². The van der Waals surface area contributed by atoms with Gasteiger partial charge < -0.3 is 10.1 Å². The maximum atomic E-state index is 12.2. The molecule has 0 spiro atoms. The quantitative estimate of drug-likeness (QED) is 0.910. The van der Waals surface area contributed by atoms with Crippen LogP contribution in [0.15, 0.2) is 42.5 Å². The molecular weight excluding hydrogens is 262 g/mol. The van der Waals surface area contributed by atoms with Gasteiger partial charge in [-0.25, -0.2) is 0 Å². The van der Waals surface area contributed by atoms with Crippen LogP contribution in [-0.2, 0) is 6.54 Å². The summed E-state index contributed by atoms with van der Waals surface area (Å²) in [7, 11) is 0. The second-order valence-corrected chi connectivity index (χ2v) is 5.08. The summed E-state index contributed by atoms with van der Waals surface area (Å²) in [6, 6.07) is 13.6. The Morgan fingerprint density at radius 2 is 1.95 bits per heavy atom. The van der Waals surface area contributed by atoms with Gasteiger partial charge in [0.15, 0.2) is 0 Å². The second-order valence-electron chi connectivity index (χ2n) is 5.08. The van der Waals surface area contributed by atoms with Crippen LogP contribution in [0.4, 0.5) is 0 Å². The molecule has 1 amide bonds. The second kappa shape index (κ2) is 6.93. The van der Waals surface area contributed by atoms with Crippen LogP contribution in [-0.4, -0.2) is 12.5 Å². The zero-order valence-electron chi connectivity index (χ0n) is 12.8. The van der Waals surface area contributed by atoms with Crippen molar-refractivity contribution in [2.24, 2.45) is 0 Å². The monoisotopic (exact) mass is 283 g/mol. The number of carbonyl (C=O) groups excluding carboxylic acids is 1. The lowest BCUT2D eigenvalue weighted by Gasteiger charge is -2.10. The highest BCUT2D eigenvalue weighted by Crippen LogP contribution is 2.14. The summed E-state index contributed by atoms with van der Waals surface area (Å²) in [5.41, 5.74) is 3.91. The smallest absolute Gasteiger partial charge is 0.251 e. The van der Waals surface area contributed by atoms with E-state index >= 15 is 0 Å². The number of nitrogens with one attached hydrogen (secondary N) is 1. The van der Waals surface area contributed by atoms with Crippen LogP contribution in [0.3, 0.4) is 0 Å². The van der Waals surface area contributed by atoms with E-state index in [9.17, 15) is 4.79 Å². The minimum atomic E-state index is -0.0469. The molecular formula is C18H21NO2. The maximum absolute atomic E-state index is 12.2. The van der Waals surface area contributed by atoms with Crippen molar-refractivity contribution in [1.29, 1.82) is 0 Å². The number of rotatable bonds is 5. The van der Waals surface area contributed by atoms with Crippen LogP contribution in [0, 0.1) is 13.8 Å². The van der Waals surface area contributed by atoms with Crippen LogP contribution < -0.4 is 10.1 Å². The van der Waals surface area contributed by atoms with Crippen LogP contribution in [0.1, 0.15) is 34.0 Å². The van der Waals surface area contributed by atoms with Crippen molar-refractivity contribution in [3.63, 3.8) is 0 Å². The standard InChI is InChI=1S/C18H21NO2/c1-4-21-16-7-5-6-15(11-16)12-19-18(20)17-9-8-13(2)10-14(17)3/h5-11H,4,12H2,1-3H3,(H,19,20). The third-order valence-corrected chi connectivity index (χ3v) is 3.29. The van der Waals surface area contributed by atoms with Crippen molar-refractivity contribution in [3.8, 4) is 5.75 Å². The molecule has 21 heavy (non-hydrogen) atoms. The van der Waals surface area contributed by atoms with Gasteiger partial charge in [-0.1, -0.05) is 29.8 Å². The van der Waals surface area contributed by atoms with E-state index in [0.29, 0.717) is 13.2 Å². The predicted octanol–water partition coefficient (Wildman–Crippen LogP) is 3.63. The molecule has 0 fully saturated rings. The first-order valence-electron chi connectivity index (χ1n) is 7.17. The fourth-order valence-electron chi connectivity index (χ4n) is 2.26. The van der Waals surface area contributed by atoms with Gasteiger partial charge in [0, 0.05) is 12.1 Å². The first-order valence-corrected chi connectivity index (χ1v) is 7.17. The van der Waals surface area contributed by atoms with E-state index in [0.717, 1.165) is 28.0 Å². The van der Waals surface area contributed by atoms with Crippen molar-refractivity contribution in [1.82, 2.24) is 5.32 Å². The SMILES string of the molecule is CCOc1cccc(CNC(=O)c2ccc(C)cc2C)c1. The molecule has 0 aliphatic heterocycles. The summed E-state index contributed by atoms with van der Waals surface area (Å²) in [5.74, 6) is 0.782. The molecule has 0 saturated heterocycles. The first-order chi connectivity index (χ1) is 10.1. The van der Waals surface area contributed by atoms with Gasteiger partial charge >= 0.3 is 0 Å². The van der Waals surface area contributed by atoms with E-state index in [1.807, 2.05) is 63.2 Å². The number of amides is 1.